The molecule has 0 bridgehead atoms. The van der Waals surface area contributed by atoms with Gasteiger partial charge in [-0.25, -0.2) is 15.0 Å². The van der Waals surface area contributed by atoms with Crippen molar-refractivity contribution in [3.8, 4) is 0 Å². The zero-order chi connectivity index (χ0) is 19.1. The molecule has 2 aromatic rings. The second-order valence-corrected chi connectivity index (χ2v) is 9.75. The van der Waals surface area contributed by atoms with Crippen LogP contribution in [0.15, 0.2) is 12.7 Å². The maximum atomic E-state index is 11.7. The number of aromatic nitrogens is 4. The Kier molecular flexibility index (Phi) is 9.44. The number of nitrogens with zero attached hydrogens (tertiary/aromatic N) is 4. The zero-order valence-electron chi connectivity index (χ0n) is 15.3. The third kappa shape index (κ3) is 6.47. The van der Waals surface area contributed by atoms with Gasteiger partial charge in [0.15, 0.2) is 17.4 Å². The highest BCUT2D eigenvalue weighted by molar-refractivity contribution is 7.70. The van der Waals surface area contributed by atoms with Crippen molar-refractivity contribution >= 4 is 32.2 Å². The van der Waals surface area contributed by atoms with Crippen molar-refractivity contribution in [2.24, 2.45) is 0 Å². The monoisotopic (exact) mass is 460 g/mol. The highest BCUT2D eigenvalue weighted by Gasteiger charge is 2.39. The smallest absolute Gasteiger partial charge is 0.340 e. The van der Waals surface area contributed by atoms with Crippen LogP contribution in [0.25, 0.3) is 11.2 Å². The number of anilines is 1. The summed E-state index contributed by atoms with van der Waals surface area (Å²) >= 11 is 0. The molecule has 3 heterocycles. The number of fused-ring (bicyclic) bond motifs is 1. The molecule has 1 unspecified atom stereocenters. The Balaban J connectivity index is 0.00000261. The van der Waals surface area contributed by atoms with Crippen LogP contribution in [0.4, 0.5) is 5.82 Å². The summed E-state index contributed by atoms with van der Waals surface area (Å²) in [5.41, 5.74) is 6.47. The Morgan fingerprint density at radius 2 is 1.86 bits per heavy atom. The fourth-order valence-corrected chi connectivity index (χ4v) is 5.15. The van der Waals surface area contributed by atoms with Crippen molar-refractivity contribution in [1.82, 2.24) is 38.0 Å². The van der Waals surface area contributed by atoms with Gasteiger partial charge in [0.05, 0.1) is 19.0 Å². The minimum atomic E-state index is -4.73. The molecule has 29 heavy (non-hydrogen) atoms. The topological polar surface area (TPSA) is 308 Å². The van der Waals surface area contributed by atoms with E-state index in [1.54, 1.807) is 0 Å². The normalized spacial score (nSPS) is 23.5. The number of aliphatic hydroxyl groups excluding tert-OH is 1. The zero-order valence-corrected chi connectivity index (χ0v) is 17.1. The minimum Gasteiger partial charge on any atom is -0.390 e. The molecule has 15 N–H and O–H groups in total. The van der Waals surface area contributed by atoms with Crippen molar-refractivity contribution in [2.45, 2.75) is 24.9 Å². The predicted molar refractivity (Wildman–Crippen MR) is 102 cm³/mol. The molecule has 0 aromatic carbocycles. The average molecular weight is 460 g/mol. The molecule has 168 valence electrons. The summed E-state index contributed by atoms with van der Waals surface area (Å²) in [6.45, 7) is -0.519. The van der Waals surface area contributed by atoms with Gasteiger partial charge < -0.3 is 53.2 Å². The lowest BCUT2D eigenvalue weighted by molar-refractivity contribution is -0.0395. The molecule has 0 amide bonds. The lowest BCUT2D eigenvalue weighted by Gasteiger charge is -2.18. The van der Waals surface area contributed by atoms with Gasteiger partial charge in [0.25, 0.3) is 0 Å². The second-order valence-electron chi connectivity index (χ2n) is 5.75. The Morgan fingerprint density at radius 3 is 2.48 bits per heavy atom. The summed E-state index contributed by atoms with van der Waals surface area (Å²) < 4.78 is 34.3. The Bertz CT molecular complexity index is 906. The summed E-state index contributed by atoms with van der Waals surface area (Å²) in [6.07, 6.45) is 0.100. The SMILES string of the molecule is N.N.N.Nc1ncnc2c1ncn2[C@H]1C[C@H](O)[C@@H](COP(=O)(O)CP(=O)(O)O)O1. The number of hydrogen-bond donors (Lipinski definition) is 8. The number of nitrogens with two attached hydrogens (primary N) is 1. The first-order chi connectivity index (χ1) is 12.1. The first-order valence-corrected chi connectivity index (χ1v) is 10.9. The maximum absolute atomic E-state index is 11.7. The van der Waals surface area contributed by atoms with E-state index in [4.69, 9.17) is 24.8 Å². The molecule has 1 saturated heterocycles. The number of hydrogen-bond acceptors (Lipinski definition) is 12. The fourth-order valence-electron chi connectivity index (χ4n) is 2.58. The number of aliphatic hydroxyl groups is 1. The van der Waals surface area contributed by atoms with Gasteiger partial charge in [-0.05, 0) is 0 Å². The Morgan fingerprint density at radius 1 is 1.21 bits per heavy atom. The molecule has 1 fully saturated rings. The quantitative estimate of drug-likeness (QED) is 0.260. The van der Waals surface area contributed by atoms with E-state index in [0.29, 0.717) is 11.2 Å². The van der Waals surface area contributed by atoms with Crippen molar-refractivity contribution in [1.29, 1.82) is 0 Å². The molecule has 0 aliphatic carbocycles. The van der Waals surface area contributed by atoms with Gasteiger partial charge in [-0.1, -0.05) is 0 Å². The van der Waals surface area contributed by atoms with Crippen LogP contribution < -0.4 is 24.2 Å². The molecule has 3 rings (SSSR count). The van der Waals surface area contributed by atoms with E-state index in [1.165, 1.54) is 17.2 Å². The summed E-state index contributed by atoms with van der Waals surface area (Å²) in [5.74, 6) is -1.12. The van der Waals surface area contributed by atoms with Crippen LogP contribution in [0.5, 0.6) is 0 Å². The average Bonchev–Trinajstić information content (AvgIpc) is 3.07. The first kappa shape index (κ1) is 27.5. The van der Waals surface area contributed by atoms with Gasteiger partial charge in [0.2, 0.25) is 0 Å². The molecule has 16 nitrogen and oxygen atoms in total. The summed E-state index contributed by atoms with van der Waals surface area (Å²) in [5, 5.41) is 10.1. The van der Waals surface area contributed by atoms with Gasteiger partial charge in [-0.15, -0.1) is 0 Å². The van der Waals surface area contributed by atoms with E-state index in [2.05, 4.69) is 15.0 Å². The van der Waals surface area contributed by atoms with E-state index < -0.39 is 46.1 Å². The van der Waals surface area contributed by atoms with Crippen molar-refractivity contribution in [2.75, 3.05) is 18.2 Å². The second kappa shape index (κ2) is 9.97. The van der Waals surface area contributed by atoms with Crippen LogP contribution in [0.3, 0.4) is 0 Å². The molecular formula is C11H26N8O8P2. The number of ether oxygens (including phenoxy) is 1. The van der Waals surface area contributed by atoms with E-state index in [9.17, 15) is 19.1 Å². The van der Waals surface area contributed by atoms with E-state index in [1.807, 2.05) is 0 Å². The lowest BCUT2D eigenvalue weighted by atomic mass is 10.2. The number of imidazole rings is 1. The van der Waals surface area contributed by atoms with Crippen LogP contribution in [-0.2, 0) is 18.4 Å². The molecule has 18 heteroatoms. The van der Waals surface area contributed by atoms with Crippen LogP contribution in [-0.4, -0.2) is 64.0 Å². The summed E-state index contributed by atoms with van der Waals surface area (Å²) in [7, 11) is -9.26. The van der Waals surface area contributed by atoms with Crippen LogP contribution in [0, 0.1) is 0 Å². The van der Waals surface area contributed by atoms with Crippen molar-refractivity contribution < 1.29 is 38.2 Å². The van der Waals surface area contributed by atoms with Crippen LogP contribution in [0.1, 0.15) is 12.6 Å². The molecule has 0 spiro atoms. The molecular weight excluding hydrogens is 434 g/mol. The number of nitrogen functional groups attached to an aromatic ring is 1. The van der Waals surface area contributed by atoms with Crippen molar-refractivity contribution in [3.05, 3.63) is 12.7 Å². The fraction of sp³-hybridized carbons (Fsp3) is 0.545. The van der Waals surface area contributed by atoms with Gasteiger partial charge >= 0.3 is 15.2 Å². The summed E-state index contributed by atoms with van der Waals surface area (Å²) in [4.78, 5) is 39.0. The molecule has 0 radical (unpaired) electrons. The van der Waals surface area contributed by atoms with Gasteiger partial charge in [-0.2, -0.15) is 0 Å². The predicted octanol–water partition coefficient (Wildman–Crippen LogP) is -0.120. The third-order valence-electron chi connectivity index (χ3n) is 3.70. The molecule has 1 aliphatic rings. The van der Waals surface area contributed by atoms with Crippen molar-refractivity contribution in [3.63, 3.8) is 0 Å². The van der Waals surface area contributed by atoms with E-state index in [0.717, 1.165) is 0 Å². The molecule has 2 aromatic heterocycles. The first-order valence-electron chi connectivity index (χ1n) is 7.33. The highest BCUT2D eigenvalue weighted by Crippen LogP contribution is 2.55. The van der Waals surface area contributed by atoms with Gasteiger partial charge in [0.1, 0.15) is 24.2 Å². The van der Waals surface area contributed by atoms with Gasteiger partial charge in [0, 0.05) is 6.42 Å². The Hall–Kier alpha value is -1.55. The van der Waals surface area contributed by atoms with Gasteiger partial charge in [-0.3, -0.25) is 13.7 Å². The van der Waals surface area contributed by atoms with Crippen LogP contribution >= 0.6 is 15.2 Å². The molecule has 0 saturated carbocycles. The largest absolute Gasteiger partial charge is 0.390 e. The third-order valence-corrected chi connectivity index (χ3v) is 7.16. The standard InChI is InChI=1S/C11H17N5O8P2.3H3N/c12-10-9-11(14-3-13-10)16(4-15-9)8-1-6(17)7(24-8)2-23-26(21,22)5-25(18,19)20;;;/h3-4,6-8,17H,1-2,5H2,(H,21,22)(H2,12,13,14)(H2,18,19,20);3*1H3/t6-,7+,8+;;;/m0.../s1. The van der Waals surface area contributed by atoms with E-state index >= 15 is 0 Å². The van der Waals surface area contributed by atoms with E-state index in [-0.39, 0.29) is 30.7 Å². The summed E-state index contributed by atoms with van der Waals surface area (Å²) in [6, 6.07) is 0. The molecule has 1 aliphatic heterocycles. The highest BCUT2D eigenvalue weighted by atomic mass is 31.2. The molecule has 4 atom stereocenters. The lowest BCUT2D eigenvalue weighted by Crippen LogP contribution is -2.26. The number of rotatable bonds is 6. The van der Waals surface area contributed by atoms with Crippen LogP contribution in [0.2, 0.25) is 0 Å². The Labute approximate surface area is 164 Å². The minimum absolute atomic E-state index is 0. The maximum Gasteiger partial charge on any atom is 0.340 e.